The summed E-state index contributed by atoms with van der Waals surface area (Å²) in [5.41, 5.74) is -0.185. The van der Waals surface area contributed by atoms with Crippen LogP contribution in [0.4, 0.5) is 0 Å². The first kappa shape index (κ1) is 12.4. The zero-order valence-electron chi connectivity index (χ0n) is 9.06. The van der Waals surface area contributed by atoms with Crippen LogP contribution in [0.15, 0.2) is 17.2 Å². The van der Waals surface area contributed by atoms with E-state index in [1.807, 2.05) is 6.92 Å². The van der Waals surface area contributed by atoms with Gasteiger partial charge >= 0.3 is 0 Å². The SMILES string of the molecule is CCC(CCO)NC(=O)c1c[nH]c(=O)cn1. The summed E-state index contributed by atoms with van der Waals surface area (Å²) >= 11 is 0. The molecule has 6 nitrogen and oxygen atoms in total. The molecule has 88 valence electrons. The normalized spacial score (nSPS) is 12.1. The number of aliphatic hydroxyl groups excluding tert-OH is 1. The van der Waals surface area contributed by atoms with Crippen LogP contribution in [0.25, 0.3) is 0 Å². The average molecular weight is 225 g/mol. The maximum absolute atomic E-state index is 11.6. The van der Waals surface area contributed by atoms with Gasteiger partial charge in [-0.2, -0.15) is 0 Å². The Morgan fingerprint density at radius 3 is 2.94 bits per heavy atom. The smallest absolute Gasteiger partial charge is 0.271 e. The zero-order valence-corrected chi connectivity index (χ0v) is 9.06. The zero-order chi connectivity index (χ0) is 12.0. The molecule has 0 saturated carbocycles. The van der Waals surface area contributed by atoms with Crippen LogP contribution in [0, 0.1) is 0 Å². The van der Waals surface area contributed by atoms with Crippen LogP contribution >= 0.6 is 0 Å². The molecule has 1 unspecified atom stereocenters. The summed E-state index contributed by atoms with van der Waals surface area (Å²) in [6.07, 6.45) is 3.56. The highest BCUT2D eigenvalue weighted by Crippen LogP contribution is 1.98. The highest BCUT2D eigenvalue weighted by Gasteiger charge is 2.12. The second kappa shape index (κ2) is 6.02. The second-order valence-electron chi connectivity index (χ2n) is 3.39. The van der Waals surface area contributed by atoms with Crippen LogP contribution in [0.5, 0.6) is 0 Å². The Kier molecular flexibility index (Phi) is 4.65. The molecule has 0 aliphatic rings. The van der Waals surface area contributed by atoms with Crippen molar-refractivity contribution in [2.45, 2.75) is 25.8 Å². The van der Waals surface area contributed by atoms with Crippen LogP contribution in [-0.4, -0.2) is 33.6 Å². The number of H-pyrrole nitrogens is 1. The summed E-state index contributed by atoms with van der Waals surface area (Å²) < 4.78 is 0. The van der Waals surface area contributed by atoms with Gasteiger partial charge in [-0.15, -0.1) is 0 Å². The van der Waals surface area contributed by atoms with Gasteiger partial charge in [0.1, 0.15) is 5.69 Å². The Bertz CT molecular complexity index is 382. The van der Waals surface area contributed by atoms with Crippen molar-refractivity contribution in [2.75, 3.05) is 6.61 Å². The van der Waals surface area contributed by atoms with E-state index in [1.165, 1.54) is 6.20 Å². The minimum Gasteiger partial charge on any atom is -0.396 e. The fraction of sp³-hybridized carbons (Fsp3) is 0.500. The van der Waals surface area contributed by atoms with Crippen molar-refractivity contribution in [1.82, 2.24) is 15.3 Å². The molecule has 1 atom stereocenters. The number of nitrogens with one attached hydrogen (secondary N) is 2. The second-order valence-corrected chi connectivity index (χ2v) is 3.39. The quantitative estimate of drug-likeness (QED) is 0.639. The number of rotatable bonds is 5. The molecule has 6 heteroatoms. The van der Waals surface area contributed by atoms with Crippen LogP contribution in [0.2, 0.25) is 0 Å². The Labute approximate surface area is 92.7 Å². The topological polar surface area (TPSA) is 95.1 Å². The first-order valence-electron chi connectivity index (χ1n) is 5.13. The third-order valence-electron chi connectivity index (χ3n) is 2.21. The van der Waals surface area contributed by atoms with Crippen molar-refractivity contribution in [3.05, 3.63) is 28.4 Å². The third-order valence-corrected chi connectivity index (χ3v) is 2.21. The molecule has 1 aromatic heterocycles. The molecule has 1 amide bonds. The summed E-state index contributed by atoms with van der Waals surface area (Å²) in [6.45, 7) is 1.94. The van der Waals surface area contributed by atoms with E-state index in [9.17, 15) is 9.59 Å². The molecule has 0 aliphatic carbocycles. The molecule has 1 heterocycles. The highest BCUT2D eigenvalue weighted by molar-refractivity contribution is 5.92. The molecule has 0 radical (unpaired) electrons. The largest absolute Gasteiger partial charge is 0.396 e. The number of carbonyl (C=O) groups is 1. The maximum Gasteiger partial charge on any atom is 0.271 e. The number of nitrogens with zero attached hydrogens (tertiary/aromatic N) is 1. The number of aromatic nitrogens is 2. The van der Waals surface area contributed by atoms with Gasteiger partial charge in [0.15, 0.2) is 0 Å². The summed E-state index contributed by atoms with van der Waals surface area (Å²) in [4.78, 5) is 28.4. The Hall–Kier alpha value is -1.69. The van der Waals surface area contributed by atoms with E-state index in [0.717, 1.165) is 12.6 Å². The van der Waals surface area contributed by atoms with Gasteiger partial charge in [-0.05, 0) is 12.8 Å². The lowest BCUT2D eigenvalue weighted by Crippen LogP contribution is -2.35. The van der Waals surface area contributed by atoms with Crippen molar-refractivity contribution in [3.63, 3.8) is 0 Å². The molecule has 0 bridgehead atoms. The van der Waals surface area contributed by atoms with Crippen LogP contribution in [0.1, 0.15) is 30.3 Å². The van der Waals surface area contributed by atoms with Gasteiger partial charge in [0.25, 0.3) is 11.5 Å². The van der Waals surface area contributed by atoms with E-state index in [2.05, 4.69) is 15.3 Å². The van der Waals surface area contributed by atoms with Crippen molar-refractivity contribution in [3.8, 4) is 0 Å². The lowest BCUT2D eigenvalue weighted by molar-refractivity contribution is 0.0923. The van der Waals surface area contributed by atoms with Gasteiger partial charge in [-0.25, -0.2) is 4.98 Å². The lowest BCUT2D eigenvalue weighted by Gasteiger charge is -2.14. The van der Waals surface area contributed by atoms with E-state index in [1.54, 1.807) is 0 Å². The minimum absolute atomic E-state index is 0.0256. The monoisotopic (exact) mass is 225 g/mol. The van der Waals surface area contributed by atoms with E-state index in [0.29, 0.717) is 6.42 Å². The third kappa shape index (κ3) is 3.47. The molecule has 16 heavy (non-hydrogen) atoms. The molecular formula is C10H15N3O3. The first-order chi connectivity index (χ1) is 7.67. The number of amides is 1. The van der Waals surface area contributed by atoms with Gasteiger partial charge in [0.2, 0.25) is 0 Å². The number of carbonyl (C=O) groups excluding carboxylic acids is 1. The average Bonchev–Trinajstić information content (AvgIpc) is 2.29. The summed E-state index contributed by atoms with van der Waals surface area (Å²) in [7, 11) is 0. The predicted octanol–water partition coefficient (Wildman–Crippen LogP) is -0.339. The maximum atomic E-state index is 11.6. The summed E-state index contributed by atoms with van der Waals surface area (Å²) in [5, 5.41) is 11.5. The molecule has 0 saturated heterocycles. The van der Waals surface area contributed by atoms with E-state index >= 15 is 0 Å². The molecule has 0 fully saturated rings. The first-order valence-corrected chi connectivity index (χ1v) is 5.13. The molecule has 0 aromatic carbocycles. The molecular weight excluding hydrogens is 210 g/mol. The minimum atomic E-state index is -0.350. The van der Waals surface area contributed by atoms with Crippen molar-refractivity contribution in [1.29, 1.82) is 0 Å². The van der Waals surface area contributed by atoms with Gasteiger partial charge in [-0.3, -0.25) is 9.59 Å². The van der Waals surface area contributed by atoms with Crippen LogP contribution < -0.4 is 10.9 Å². The molecule has 0 spiro atoms. The lowest BCUT2D eigenvalue weighted by atomic mass is 10.1. The van der Waals surface area contributed by atoms with Crippen LogP contribution in [-0.2, 0) is 0 Å². The van der Waals surface area contributed by atoms with Crippen molar-refractivity contribution in [2.24, 2.45) is 0 Å². The van der Waals surface area contributed by atoms with Gasteiger partial charge < -0.3 is 15.4 Å². The number of aromatic amines is 1. The summed E-state index contributed by atoms with van der Waals surface area (Å²) in [6, 6.07) is -0.0776. The van der Waals surface area contributed by atoms with Crippen molar-refractivity contribution >= 4 is 5.91 Å². The predicted molar refractivity (Wildman–Crippen MR) is 58.1 cm³/mol. The fourth-order valence-electron chi connectivity index (χ4n) is 1.26. The fourth-order valence-corrected chi connectivity index (χ4v) is 1.26. The number of hydrogen-bond acceptors (Lipinski definition) is 4. The van der Waals surface area contributed by atoms with E-state index in [4.69, 9.17) is 5.11 Å². The van der Waals surface area contributed by atoms with Gasteiger partial charge in [0.05, 0.1) is 6.20 Å². The molecule has 1 rings (SSSR count). The van der Waals surface area contributed by atoms with Gasteiger partial charge in [0, 0.05) is 18.8 Å². The molecule has 1 aromatic rings. The highest BCUT2D eigenvalue weighted by atomic mass is 16.3. The van der Waals surface area contributed by atoms with Gasteiger partial charge in [-0.1, -0.05) is 6.92 Å². The van der Waals surface area contributed by atoms with E-state index in [-0.39, 0.29) is 29.8 Å². The molecule has 0 aliphatic heterocycles. The Morgan fingerprint density at radius 2 is 2.44 bits per heavy atom. The van der Waals surface area contributed by atoms with Crippen molar-refractivity contribution < 1.29 is 9.90 Å². The number of hydrogen-bond donors (Lipinski definition) is 3. The molecule has 3 N–H and O–H groups in total. The van der Waals surface area contributed by atoms with E-state index < -0.39 is 0 Å². The Balaban J connectivity index is 2.64. The summed E-state index contributed by atoms with van der Waals surface area (Å²) in [5.74, 6) is -0.350. The van der Waals surface area contributed by atoms with Crippen LogP contribution in [0.3, 0.4) is 0 Å². The number of aliphatic hydroxyl groups is 1. The Morgan fingerprint density at radius 1 is 1.69 bits per heavy atom. The standard InChI is InChI=1S/C10H15N3O3/c1-2-7(3-4-14)13-10(16)8-5-12-9(15)6-11-8/h5-7,14H,2-4H2,1H3,(H,12,15)(H,13,16).